The van der Waals surface area contributed by atoms with Crippen molar-refractivity contribution in [3.8, 4) is 0 Å². The molecule has 1 N–H and O–H groups in total. The number of anilines is 2. The summed E-state index contributed by atoms with van der Waals surface area (Å²) in [6.45, 7) is 7.74. The van der Waals surface area contributed by atoms with Gasteiger partial charge in [-0.1, -0.05) is 39.0 Å². The fourth-order valence-corrected chi connectivity index (χ4v) is 4.31. The second-order valence-corrected chi connectivity index (χ2v) is 9.34. The first-order valence-corrected chi connectivity index (χ1v) is 10.3. The lowest BCUT2D eigenvalue weighted by atomic mass is 9.92. The average Bonchev–Trinajstić information content (AvgIpc) is 2.97. The van der Waals surface area contributed by atoms with Gasteiger partial charge in [0.15, 0.2) is 0 Å². The van der Waals surface area contributed by atoms with Gasteiger partial charge in [0.25, 0.3) is 0 Å². The number of hydrogen-bond acceptors (Lipinski definition) is 3. The third kappa shape index (κ3) is 4.73. The Morgan fingerprint density at radius 2 is 2.00 bits per heavy atom. The van der Waals surface area contributed by atoms with Gasteiger partial charge in [0, 0.05) is 17.8 Å². The van der Waals surface area contributed by atoms with Crippen LogP contribution in [-0.2, 0) is 9.59 Å². The lowest BCUT2D eigenvalue weighted by Crippen LogP contribution is -2.28. The van der Waals surface area contributed by atoms with E-state index in [-0.39, 0.29) is 28.4 Å². The predicted molar refractivity (Wildman–Crippen MR) is 113 cm³/mol. The average molecular weight is 401 g/mol. The number of hydrogen-bond donors (Lipinski definition) is 1. The van der Waals surface area contributed by atoms with Crippen LogP contribution >= 0.6 is 11.8 Å². The maximum atomic E-state index is 14.0. The summed E-state index contributed by atoms with van der Waals surface area (Å²) >= 11 is 1.50. The lowest BCUT2D eigenvalue weighted by Gasteiger charge is -2.25. The molecule has 1 heterocycles. The molecule has 1 fully saturated rings. The number of carbonyl (C=O) groups excluding carboxylic acids is 2. The first kappa shape index (κ1) is 20.4. The molecule has 0 spiro atoms. The molecule has 1 aliphatic rings. The highest BCUT2D eigenvalue weighted by atomic mass is 32.2. The van der Waals surface area contributed by atoms with Crippen molar-refractivity contribution >= 4 is 35.0 Å². The Morgan fingerprint density at radius 3 is 2.68 bits per heavy atom. The summed E-state index contributed by atoms with van der Waals surface area (Å²) in [5.74, 6) is -0.0948. The van der Waals surface area contributed by atoms with Crippen molar-refractivity contribution in [3.63, 3.8) is 0 Å². The molecular formula is C22H25FN2O2S. The molecule has 4 nitrogen and oxygen atoms in total. The third-order valence-corrected chi connectivity index (χ3v) is 5.66. The summed E-state index contributed by atoms with van der Waals surface area (Å²) in [5, 5.41) is 2.68. The molecule has 0 saturated carbocycles. The molecule has 2 aromatic carbocycles. The van der Waals surface area contributed by atoms with Crippen molar-refractivity contribution in [2.75, 3.05) is 16.0 Å². The Balaban J connectivity index is 1.84. The maximum Gasteiger partial charge on any atom is 0.238 e. The minimum absolute atomic E-state index is 0.0442. The third-order valence-electron chi connectivity index (χ3n) is 4.45. The lowest BCUT2D eigenvalue weighted by molar-refractivity contribution is -0.118. The van der Waals surface area contributed by atoms with E-state index in [1.165, 1.54) is 17.8 Å². The number of aryl methyl sites for hydroxylation is 1. The highest BCUT2D eigenvalue weighted by Gasteiger charge is 2.34. The minimum Gasteiger partial charge on any atom is -0.326 e. The van der Waals surface area contributed by atoms with Crippen molar-refractivity contribution in [3.05, 3.63) is 59.4 Å². The quantitative estimate of drug-likeness (QED) is 0.759. The highest BCUT2D eigenvalue weighted by Crippen LogP contribution is 2.42. The fourth-order valence-electron chi connectivity index (χ4n) is 3.14. The van der Waals surface area contributed by atoms with Gasteiger partial charge >= 0.3 is 0 Å². The summed E-state index contributed by atoms with van der Waals surface area (Å²) in [6.07, 6.45) is 0.419. The molecular weight excluding hydrogens is 375 g/mol. The second-order valence-electron chi connectivity index (χ2n) is 8.27. The van der Waals surface area contributed by atoms with E-state index >= 15 is 0 Å². The Bertz CT molecular complexity index is 908. The van der Waals surface area contributed by atoms with Gasteiger partial charge in [0.2, 0.25) is 11.8 Å². The van der Waals surface area contributed by atoms with Crippen LogP contribution in [0.25, 0.3) is 0 Å². The van der Waals surface area contributed by atoms with Gasteiger partial charge in [-0.25, -0.2) is 4.39 Å². The van der Waals surface area contributed by atoms with Crippen molar-refractivity contribution < 1.29 is 14.0 Å². The molecule has 148 valence electrons. The van der Waals surface area contributed by atoms with E-state index in [9.17, 15) is 14.0 Å². The molecule has 0 unspecified atom stereocenters. The van der Waals surface area contributed by atoms with E-state index < -0.39 is 0 Å². The molecule has 0 aliphatic carbocycles. The Kier molecular flexibility index (Phi) is 5.79. The van der Waals surface area contributed by atoms with E-state index in [4.69, 9.17) is 0 Å². The van der Waals surface area contributed by atoms with E-state index in [0.29, 0.717) is 29.1 Å². The van der Waals surface area contributed by atoms with Gasteiger partial charge in [0.05, 0.1) is 5.75 Å². The van der Waals surface area contributed by atoms with Crippen molar-refractivity contribution in [2.45, 2.75) is 39.5 Å². The normalized spacial score (nSPS) is 17.1. The van der Waals surface area contributed by atoms with Crippen LogP contribution in [0.5, 0.6) is 0 Å². The monoisotopic (exact) mass is 400 g/mol. The number of nitrogens with zero attached hydrogens (tertiary/aromatic N) is 1. The Labute approximate surface area is 169 Å². The fraction of sp³-hybridized carbons (Fsp3) is 0.364. The summed E-state index contributed by atoms with van der Waals surface area (Å²) in [4.78, 5) is 26.4. The molecule has 28 heavy (non-hydrogen) atoms. The number of carbonyl (C=O) groups is 2. The first-order valence-electron chi connectivity index (χ1n) is 9.24. The number of benzene rings is 2. The van der Waals surface area contributed by atoms with Crippen molar-refractivity contribution in [1.29, 1.82) is 0 Å². The van der Waals surface area contributed by atoms with Crippen LogP contribution in [0.4, 0.5) is 15.8 Å². The zero-order valence-corrected chi connectivity index (χ0v) is 17.4. The van der Waals surface area contributed by atoms with Crippen LogP contribution in [0.3, 0.4) is 0 Å². The number of amides is 2. The van der Waals surface area contributed by atoms with Gasteiger partial charge in [-0.05, 0) is 47.7 Å². The first-order chi connectivity index (χ1) is 13.1. The highest BCUT2D eigenvalue weighted by molar-refractivity contribution is 8.00. The summed E-state index contributed by atoms with van der Waals surface area (Å²) in [5.41, 5.74) is 2.59. The minimum atomic E-state index is -0.329. The molecule has 0 radical (unpaired) electrons. The molecule has 1 aliphatic heterocycles. The van der Waals surface area contributed by atoms with Crippen molar-refractivity contribution in [1.82, 2.24) is 0 Å². The summed E-state index contributed by atoms with van der Waals surface area (Å²) in [6, 6.07) is 12.4. The molecule has 3 rings (SSSR count). The van der Waals surface area contributed by atoms with E-state index in [1.54, 1.807) is 24.0 Å². The van der Waals surface area contributed by atoms with Crippen LogP contribution in [-0.4, -0.2) is 17.6 Å². The van der Waals surface area contributed by atoms with Gasteiger partial charge < -0.3 is 5.32 Å². The van der Waals surface area contributed by atoms with E-state index in [2.05, 4.69) is 5.32 Å². The topological polar surface area (TPSA) is 49.4 Å². The molecule has 1 saturated heterocycles. The number of nitrogens with one attached hydrogen (secondary N) is 1. The molecule has 6 heteroatoms. The molecule has 0 aromatic heterocycles. The van der Waals surface area contributed by atoms with Gasteiger partial charge in [-0.2, -0.15) is 0 Å². The van der Waals surface area contributed by atoms with Crippen LogP contribution in [0, 0.1) is 18.2 Å². The number of rotatable bonds is 4. The predicted octanol–water partition coefficient (Wildman–Crippen LogP) is 5.29. The van der Waals surface area contributed by atoms with Crippen LogP contribution in [0.15, 0.2) is 42.5 Å². The Morgan fingerprint density at radius 1 is 1.25 bits per heavy atom. The zero-order valence-electron chi connectivity index (χ0n) is 16.6. The van der Waals surface area contributed by atoms with Crippen LogP contribution in [0.1, 0.15) is 43.7 Å². The van der Waals surface area contributed by atoms with Crippen LogP contribution < -0.4 is 10.2 Å². The van der Waals surface area contributed by atoms with Crippen molar-refractivity contribution in [2.24, 2.45) is 5.41 Å². The van der Waals surface area contributed by atoms with E-state index in [1.807, 2.05) is 45.0 Å². The Hall–Kier alpha value is -2.34. The second kappa shape index (κ2) is 7.95. The van der Waals surface area contributed by atoms with Gasteiger partial charge in [-0.15, -0.1) is 11.8 Å². The van der Waals surface area contributed by atoms with E-state index in [0.717, 1.165) is 5.56 Å². The van der Waals surface area contributed by atoms with Gasteiger partial charge in [-0.3, -0.25) is 14.5 Å². The largest absolute Gasteiger partial charge is 0.326 e. The SMILES string of the molecule is Cc1ccc(N2C(=O)CS[C@H]2c2cccc(NC(=O)CC(C)(C)C)c2)cc1F. The number of thioether (sulfide) groups is 1. The van der Waals surface area contributed by atoms with Crippen LogP contribution in [0.2, 0.25) is 0 Å². The zero-order chi connectivity index (χ0) is 20.5. The molecule has 0 bridgehead atoms. The number of halogens is 1. The molecule has 2 aromatic rings. The molecule has 2 amide bonds. The maximum absolute atomic E-state index is 14.0. The summed E-state index contributed by atoms with van der Waals surface area (Å²) < 4.78 is 14.0. The smallest absolute Gasteiger partial charge is 0.238 e. The van der Waals surface area contributed by atoms with Gasteiger partial charge in [0.1, 0.15) is 11.2 Å². The molecule has 1 atom stereocenters. The standard InChI is InChI=1S/C22H25FN2O2S/c1-14-8-9-17(11-18(14)23)25-20(27)13-28-21(25)15-6-5-7-16(10-15)24-19(26)12-22(2,3)4/h5-11,21H,12-13H2,1-4H3,(H,24,26)/t21-/m0/s1. The summed E-state index contributed by atoms with van der Waals surface area (Å²) in [7, 11) is 0.